The minimum atomic E-state index is -0.680. The number of hydrogen-bond donors (Lipinski definition) is 2. The maximum Gasteiger partial charge on any atom is 0.258 e. The summed E-state index contributed by atoms with van der Waals surface area (Å²) in [5.74, 6) is 0.536. The van der Waals surface area contributed by atoms with Crippen LogP contribution in [0.2, 0.25) is 0 Å². The molecule has 1 aromatic carbocycles. The summed E-state index contributed by atoms with van der Waals surface area (Å²) in [6.45, 7) is 3.52. The normalized spacial score (nSPS) is 11.7. The monoisotopic (exact) mass is 272 g/mol. The Labute approximate surface area is 117 Å². The highest BCUT2D eigenvalue weighted by molar-refractivity contribution is 5.78. The van der Waals surface area contributed by atoms with E-state index in [0.29, 0.717) is 11.7 Å². The number of benzene rings is 1. The van der Waals surface area contributed by atoms with Gasteiger partial charge >= 0.3 is 0 Å². The number of anilines is 2. The molecule has 0 saturated carbocycles. The van der Waals surface area contributed by atoms with Crippen LogP contribution in [0.1, 0.15) is 12.5 Å². The van der Waals surface area contributed by atoms with Crippen LogP contribution in [-0.2, 0) is 4.79 Å². The first-order chi connectivity index (χ1) is 9.54. The zero-order valence-electron chi connectivity index (χ0n) is 11.3. The fourth-order valence-electron chi connectivity index (χ4n) is 1.50. The van der Waals surface area contributed by atoms with E-state index in [-0.39, 0.29) is 0 Å². The first kappa shape index (κ1) is 13.8. The second-order valence-electron chi connectivity index (χ2n) is 4.40. The van der Waals surface area contributed by atoms with Crippen molar-refractivity contribution < 1.29 is 9.53 Å². The van der Waals surface area contributed by atoms with Gasteiger partial charge in [-0.2, -0.15) is 0 Å². The zero-order valence-corrected chi connectivity index (χ0v) is 11.3. The van der Waals surface area contributed by atoms with Crippen molar-refractivity contribution in [3.63, 3.8) is 0 Å². The van der Waals surface area contributed by atoms with Gasteiger partial charge in [0.15, 0.2) is 6.10 Å². The molecule has 20 heavy (non-hydrogen) atoms. The van der Waals surface area contributed by atoms with Crippen LogP contribution in [0.5, 0.6) is 5.75 Å². The SMILES string of the molecule is Cc1cnc(Nc2cccc(OC(C)C(N)=O)c2)nc1. The van der Waals surface area contributed by atoms with Crippen LogP contribution in [0.3, 0.4) is 0 Å². The number of hydrogen-bond acceptors (Lipinski definition) is 5. The van der Waals surface area contributed by atoms with Gasteiger partial charge in [-0.1, -0.05) is 6.07 Å². The fraction of sp³-hybridized carbons (Fsp3) is 0.214. The second kappa shape index (κ2) is 6.01. The Bertz CT molecular complexity index is 598. The molecular weight excluding hydrogens is 256 g/mol. The van der Waals surface area contributed by atoms with E-state index in [1.807, 2.05) is 13.0 Å². The molecule has 2 aromatic rings. The second-order valence-corrected chi connectivity index (χ2v) is 4.40. The van der Waals surface area contributed by atoms with Gasteiger partial charge in [-0.15, -0.1) is 0 Å². The lowest BCUT2D eigenvalue weighted by atomic mass is 10.3. The Morgan fingerprint density at radius 2 is 2.05 bits per heavy atom. The highest BCUT2D eigenvalue weighted by Crippen LogP contribution is 2.20. The van der Waals surface area contributed by atoms with Crippen molar-refractivity contribution in [3.8, 4) is 5.75 Å². The Morgan fingerprint density at radius 1 is 1.35 bits per heavy atom. The number of rotatable bonds is 5. The third-order valence-corrected chi connectivity index (χ3v) is 2.58. The van der Waals surface area contributed by atoms with E-state index in [1.165, 1.54) is 0 Å². The molecule has 0 aliphatic carbocycles. The summed E-state index contributed by atoms with van der Waals surface area (Å²) in [5, 5.41) is 3.06. The molecule has 6 heteroatoms. The summed E-state index contributed by atoms with van der Waals surface area (Å²) in [6.07, 6.45) is 2.77. The van der Waals surface area contributed by atoms with Gasteiger partial charge in [-0.3, -0.25) is 4.79 Å². The van der Waals surface area contributed by atoms with Crippen molar-refractivity contribution in [2.24, 2.45) is 5.73 Å². The van der Waals surface area contributed by atoms with Crippen molar-refractivity contribution in [1.29, 1.82) is 0 Å². The highest BCUT2D eigenvalue weighted by Gasteiger charge is 2.10. The molecule has 1 amide bonds. The third-order valence-electron chi connectivity index (χ3n) is 2.58. The van der Waals surface area contributed by atoms with E-state index in [9.17, 15) is 4.79 Å². The van der Waals surface area contributed by atoms with Crippen LogP contribution in [0.25, 0.3) is 0 Å². The molecule has 0 spiro atoms. The summed E-state index contributed by atoms with van der Waals surface area (Å²) in [6, 6.07) is 7.16. The van der Waals surface area contributed by atoms with Gasteiger partial charge in [0.2, 0.25) is 5.95 Å². The third kappa shape index (κ3) is 3.68. The fourth-order valence-corrected chi connectivity index (χ4v) is 1.50. The smallest absolute Gasteiger partial charge is 0.258 e. The van der Waals surface area contributed by atoms with Crippen LogP contribution >= 0.6 is 0 Å². The lowest BCUT2D eigenvalue weighted by molar-refractivity contribution is -0.123. The van der Waals surface area contributed by atoms with Crippen molar-refractivity contribution >= 4 is 17.5 Å². The van der Waals surface area contributed by atoms with Gasteiger partial charge in [0.1, 0.15) is 5.75 Å². The van der Waals surface area contributed by atoms with Gasteiger partial charge in [-0.25, -0.2) is 9.97 Å². The number of nitrogens with one attached hydrogen (secondary N) is 1. The molecule has 0 radical (unpaired) electrons. The number of amides is 1. The molecular formula is C14H16N4O2. The largest absolute Gasteiger partial charge is 0.481 e. The number of aromatic nitrogens is 2. The van der Waals surface area contributed by atoms with Crippen molar-refractivity contribution in [2.45, 2.75) is 20.0 Å². The zero-order chi connectivity index (χ0) is 14.5. The predicted octanol–water partition coefficient (Wildman–Crippen LogP) is 1.78. The quantitative estimate of drug-likeness (QED) is 0.865. The molecule has 1 aromatic heterocycles. The molecule has 3 N–H and O–H groups in total. The van der Waals surface area contributed by atoms with E-state index in [0.717, 1.165) is 11.3 Å². The minimum Gasteiger partial charge on any atom is -0.481 e. The Kier molecular flexibility index (Phi) is 4.14. The summed E-state index contributed by atoms with van der Waals surface area (Å²) in [5.41, 5.74) is 6.92. The van der Waals surface area contributed by atoms with Gasteiger partial charge in [0.25, 0.3) is 5.91 Å². The van der Waals surface area contributed by atoms with Crippen molar-refractivity contribution in [3.05, 3.63) is 42.2 Å². The Balaban J connectivity index is 2.09. The summed E-state index contributed by atoms with van der Waals surface area (Å²) < 4.78 is 5.42. The molecule has 2 rings (SSSR count). The molecule has 104 valence electrons. The van der Waals surface area contributed by atoms with Gasteiger partial charge in [-0.05, 0) is 31.5 Å². The topological polar surface area (TPSA) is 90.1 Å². The maximum atomic E-state index is 11.0. The summed E-state index contributed by atoms with van der Waals surface area (Å²) >= 11 is 0. The number of aryl methyl sites for hydroxylation is 1. The number of carbonyl (C=O) groups is 1. The number of nitrogens with two attached hydrogens (primary N) is 1. The summed E-state index contributed by atoms with van der Waals surface area (Å²) in [7, 11) is 0. The van der Waals surface area contributed by atoms with E-state index in [1.54, 1.807) is 37.5 Å². The molecule has 0 aliphatic heterocycles. The van der Waals surface area contributed by atoms with E-state index >= 15 is 0 Å². The molecule has 0 saturated heterocycles. The number of primary amides is 1. The highest BCUT2D eigenvalue weighted by atomic mass is 16.5. The number of ether oxygens (including phenoxy) is 1. The van der Waals surface area contributed by atoms with Gasteiger partial charge in [0.05, 0.1) is 0 Å². The molecule has 0 bridgehead atoms. The maximum absolute atomic E-state index is 11.0. The molecule has 6 nitrogen and oxygen atoms in total. The van der Waals surface area contributed by atoms with Crippen LogP contribution < -0.4 is 15.8 Å². The average Bonchev–Trinajstić information content (AvgIpc) is 2.42. The van der Waals surface area contributed by atoms with Gasteiger partial charge < -0.3 is 15.8 Å². The Hall–Kier alpha value is -2.63. The van der Waals surface area contributed by atoms with Crippen LogP contribution in [0.15, 0.2) is 36.7 Å². The Morgan fingerprint density at radius 3 is 2.70 bits per heavy atom. The van der Waals surface area contributed by atoms with E-state index < -0.39 is 12.0 Å². The predicted molar refractivity (Wildman–Crippen MR) is 75.8 cm³/mol. The first-order valence-corrected chi connectivity index (χ1v) is 6.16. The van der Waals surface area contributed by atoms with Crippen molar-refractivity contribution in [1.82, 2.24) is 9.97 Å². The van der Waals surface area contributed by atoms with E-state index in [2.05, 4.69) is 15.3 Å². The molecule has 1 atom stereocenters. The molecule has 1 heterocycles. The number of carbonyl (C=O) groups excluding carboxylic acids is 1. The molecule has 0 aliphatic rings. The minimum absolute atomic E-state index is 0.496. The lowest BCUT2D eigenvalue weighted by Gasteiger charge is -2.12. The molecule has 0 fully saturated rings. The lowest BCUT2D eigenvalue weighted by Crippen LogP contribution is -2.30. The van der Waals surface area contributed by atoms with Gasteiger partial charge in [0, 0.05) is 24.1 Å². The van der Waals surface area contributed by atoms with Crippen LogP contribution in [0.4, 0.5) is 11.6 Å². The number of nitrogens with zero attached hydrogens (tertiary/aromatic N) is 2. The standard InChI is InChI=1S/C14H16N4O2/c1-9-7-16-14(17-8-9)18-11-4-3-5-12(6-11)20-10(2)13(15)19/h3-8,10H,1-2H3,(H2,15,19)(H,16,17,18). The van der Waals surface area contributed by atoms with Crippen LogP contribution in [0, 0.1) is 6.92 Å². The molecule has 1 unspecified atom stereocenters. The van der Waals surface area contributed by atoms with E-state index in [4.69, 9.17) is 10.5 Å². The summed E-state index contributed by atoms with van der Waals surface area (Å²) in [4.78, 5) is 19.3. The average molecular weight is 272 g/mol. The van der Waals surface area contributed by atoms with Crippen molar-refractivity contribution in [2.75, 3.05) is 5.32 Å². The van der Waals surface area contributed by atoms with Crippen LogP contribution in [-0.4, -0.2) is 22.0 Å². The first-order valence-electron chi connectivity index (χ1n) is 6.16.